The lowest BCUT2D eigenvalue weighted by molar-refractivity contribution is 0.0422. The molecule has 0 bridgehead atoms. The fraction of sp³-hybridized carbons (Fsp3) is 0.919. The Labute approximate surface area is 251 Å². The monoisotopic (exact) mass is 565 g/mol. The molecule has 0 radical (unpaired) electrons. The maximum absolute atomic E-state index is 11.1. The molecule has 1 atom stereocenters. The fourth-order valence-electron chi connectivity index (χ4n) is 5.77. The summed E-state index contributed by atoms with van der Waals surface area (Å²) in [4.78, 5) is 11.1. The highest BCUT2D eigenvalue weighted by Crippen LogP contribution is 2.18. The van der Waals surface area contributed by atoms with Crippen molar-refractivity contribution in [2.45, 2.75) is 219 Å². The van der Waals surface area contributed by atoms with Gasteiger partial charge in [-0.25, -0.2) is 4.79 Å². The quantitative estimate of drug-likeness (QED) is 0.0490. The van der Waals surface area contributed by atoms with Crippen LogP contribution in [0.5, 0.6) is 0 Å². The highest BCUT2D eigenvalue weighted by atomic mass is 16.7. The van der Waals surface area contributed by atoms with Gasteiger partial charge < -0.3 is 9.84 Å². The van der Waals surface area contributed by atoms with Crippen molar-refractivity contribution in [3.63, 3.8) is 0 Å². The molecule has 0 aromatic carbocycles. The summed E-state index contributed by atoms with van der Waals surface area (Å²) in [5, 5.41) is 9.12. The zero-order chi connectivity index (χ0) is 29.2. The maximum atomic E-state index is 11.1. The zero-order valence-corrected chi connectivity index (χ0v) is 27.4. The largest absolute Gasteiger partial charge is 0.506 e. The van der Waals surface area contributed by atoms with Crippen molar-refractivity contribution in [2.24, 2.45) is 0 Å². The third-order valence-corrected chi connectivity index (χ3v) is 8.44. The van der Waals surface area contributed by atoms with Crippen molar-refractivity contribution < 1.29 is 14.6 Å². The van der Waals surface area contributed by atoms with Crippen LogP contribution < -0.4 is 0 Å². The van der Waals surface area contributed by atoms with E-state index < -0.39 is 6.16 Å². The van der Waals surface area contributed by atoms with E-state index in [1.807, 2.05) is 0 Å². The molecule has 0 aromatic heterocycles. The summed E-state index contributed by atoms with van der Waals surface area (Å²) in [5.41, 5.74) is 0. The number of allylic oxidation sites excluding steroid dienone is 2. The van der Waals surface area contributed by atoms with Gasteiger partial charge in [0.15, 0.2) is 0 Å². The predicted octanol–water partition coefficient (Wildman–Crippen LogP) is 13.7. The van der Waals surface area contributed by atoms with Crippen LogP contribution in [0.25, 0.3) is 0 Å². The summed E-state index contributed by atoms with van der Waals surface area (Å²) in [6.45, 7) is 4.56. The number of unbranched alkanes of at least 4 members (excludes halogenated alkanes) is 26. The topological polar surface area (TPSA) is 46.5 Å². The molecule has 0 saturated heterocycles. The van der Waals surface area contributed by atoms with E-state index in [2.05, 4.69) is 26.0 Å². The van der Waals surface area contributed by atoms with Crippen LogP contribution in [0, 0.1) is 0 Å². The van der Waals surface area contributed by atoms with Gasteiger partial charge in [0.05, 0.1) is 0 Å². The van der Waals surface area contributed by atoms with Crippen LogP contribution in [-0.4, -0.2) is 17.4 Å². The SMILES string of the molecule is CCCCCCCCC=CCCCCCCCCC(CCCCCCCCCCCCCCCCC)OC(=O)O. The van der Waals surface area contributed by atoms with Gasteiger partial charge in [0.1, 0.15) is 6.10 Å². The summed E-state index contributed by atoms with van der Waals surface area (Å²) >= 11 is 0. The van der Waals surface area contributed by atoms with Crippen molar-refractivity contribution in [2.75, 3.05) is 0 Å². The molecule has 0 fully saturated rings. The van der Waals surface area contributed by atoms with Crippen LogP contribution in [0.4, 0.5) is 4.79 Å². The van der Waals surface area contributed by atoms with Crippen molar-refractivity contribution in [1.29, 1.82) is 0 Å². The number of carbonyl (C=O) groups is 1. The van der Waals surface area contributed by atoms with Crippen LogP contribution in [0.2, 0.25) is 0 Å². The molecule has 0 saturated carbocycles. The molecule has 0 aliphatic rings. The van der Waals surface area contributed by atoms with Crippen molar-refractivity contribution in [3.8, 4) is 0 Å². The second kappa shape index (κ2) is 34.2. The average molecular weight is 565 g/mol. The van der Waals surface area contributed by atoms with E-state index in [4.69, 9.17) is 9.84 Å². The molecule has 0 heterocycles. The van der Waals surface area contributed by atoms with Gasteiger partial charge in [0.25, 0.3) is 0 Å². The Bertz CT molecular complexity index is 516. The van der Waals surface area contributed by atoms with Gasteiger partial charge in [-0.3, -0.25) is 0 Å². The molecule has 238 valence electrons. The van der Waals surface area contributed by atoms with Crippen LogP contribution in [-0.2, 0) is 4.74 Å². The van der Waals surface area contributed by atoms with E-state index in [9.17, 15) is 4.79 Å². The fourth-order valence-corrected chi connectivity index (χ4v) is 5.77. The molecular weight excluding hydrogens is 492 g/mol. The number of hydrogen-bond acceptors (Lipinski definition) is 2. The van der Waals surface area contributed by atoms with Gasteiger partial charge in [-0.15, -0.1) is 0 Å². The Morgan fingerprint density at radius 3 is 1.05 bits per heavy atom. The number of carboxylic acid groups (broad SMARTS) is 1. The highest BCUT2D eigenvalue weighted by Gasteiger charge is 2.13. The first-order chi connectivity index (χ1) is 19.7. The summed E-state index contributed by atoms with van der Waals surface area (Å²) in [7, 11) is 0. The molecule has 0 aliphatic carbocycles. The van der Waals surface area contributed by atoms with Crippen LogP contribution >= 0.6 is 0 Å². The molecule has 3 nitrogen and oxygen atoms in total. The van der Waals surface area contributed by atoms with Crippen molar-refractivity contribution in [3.05, 3.63) is 12.2 Å². The van der Waals surface area contributed by atoms with Crippen LogP contribution in [0.3, 0.4) is 0 Å². The minimum Gasteiger partial charge on any atom is -0.450 e. The van der Waals surface area contributed by atoms with Crippen LogP contribution in [0.15, 0.2) is 12.2 Å². The molecular formula is C37H72O3. The van der Waals surface area contributed by atoms with Gasteiger partial charge in [-0.05, 0) is 51.4 Å². The highest BCUT2D eigenvalue weighted by molar-refractivity contribution is 5.57. The Morgan fingerprint density at radius 2 is 0.750 bits per heavy atom. The predicted molar refractivity (Wildman–Crippen MR) is 177 cm³/mol. The van der Waals surface area contributed by atoms with Gasteiger partial charge in [0, 0.05) is 0 Å². The van der Waals surface area contributed by atoms with Gasteiger partial charge in [-0.2, -0.15) is 0 Å². The third kappa shape index (κ3) is 33.2. The lowest BCUT2D eigenvalue weighted by Gasteiger charge is -2.16. The molecule has 0 spiro atoms. The smallest absolute Gasteiger partial charge is 0.450 e. The zero-order valence-electron chi connectivity index (χ0n) is 27.4. The Hall–Kier alpha value is -0.990. The first-order valence-corrected chi connectivity index (χ1v) is 18.2. The van der Waals surface area contributed by atoms with Gasteiger partial charge in [-0.1, -0.05) is 174 Å². The Kier molecular flexibility index (Phi) is 33.4. The number of ether oxygens (including phenoxy) is 1. The van der Waals surface area contributed by atoms with E-state index in [0.717, 1.165) is 25.7 Å². The minimum absolute atomic E-state index is 0.101. The second-order valence-corrected chi connectivity index (χ2v) is 12.5. The number of hydrogen-bond donors (Lipinski definition) is 1. The summed E-state index contributed by atoms with van der Waals surface area (Å²) < 4.78 is 5.20. The molecule has 0 rings (SSSR count). The second-order valence-electron chi connectivity index (χ2n) is 12.5. The first-order valence-electron chi connectivity index (χ1n) is 18.2. The molecule has 40 heavy (non-hydrogen) atoms. The maximum Gasteiger partial charge on any atom is 0.506 e. The molecule has 0 aromatic rings. The van der Waals surface area contributed by atoms with E-state index in [0.29, 0.717) is 0 Å². The normalized spacial score (nSPS) is 12.3. The summed E-state index contributed by atoms with van der Waals surface area (Å²) in [5.74, 6) is 0. The third-order valence-electron chi connectivity index (χ3n) is 8.44. The van der Waals surface area contributed by atoms with Crippen molar-refractivity contribution in [1.82, 2.24) is 0 Å². The molecule has 0 aliphatic heterocycles. The first kappa shape index (κ1) is 39.0. The van der Waals surface area contributed by atoms with E-state index >= 15 is 0 Å². The van der Waals surface area contributed by atoms with Crippen LogP contribution in [0.1, 0.15) is 213 Å². The Morgan fingerprint density at radius 1 is 0.475 bits per heavy atom. The lowest BCUT2D eigenvalue weighted by Crippen LogP contribution is -2.16. The summed E-state index contributed by atoms with van der Waals surface area (Å²) in [6.07, 6.45) is 44.0. The van der Waals surface area contributed by atoms with Crippen molar-refractivity contribution >= 4 is 6.16 Å². The molecule has 1 N–H and O–H groups in total. The molecule has 1 unspecified atom stereocenters. The van der Waals surface area contributed by atoms with E-state index in [1.54, 1.807) is 0 Å². The van der Waals surface area contributed by atoms with E-state index in [1.165, 1.54) is 173 Å². The van der Waals surface area contributed by atoms with Gasteiger partial charge in [0.2, 0.25) is 0 Å². The lowest BCUT2D eigenvalue weighted by atomic mass is 10.0. The average Bonchev–Trinajstić information content (AvgIpc) is 2.94. The minimum atomic E-state index is -1.10. The number of rotatable bonds is 33. The Balaban J connectivity index is 3.52. The summed E-state index contributed by atoms with van der Waals surface area (Å²) in [6, 6.07) is 0. The van der Waals surface area contributed by atoms with E-state index in [-0.39, 0.29) is 6.10 Å². The molecule has 3 heteroatoms. The standard InChI is InChI=1S/C37H72O3/c1-3-5-7-9-11-13-15-17-19-21-23-25-27-29-31-33-35-36(40-37(38)39)34-32-30-28-26-24-22-20-18-16-14-12-10-8-6-4-2/h17,19,36H,3-16,18,20-35H2,1-2H3,(H,38,39). The van der Waals surface area contributed by atoms with Gasteiger partial charge >= 0.3 is 6.16 Å². The molecule has 0 amide bonds.